The van der Waals surface area contributed by atoms with E-state index in [1.54, 1.807) is 36.4 Å². The van der Waals surface area contributed by atoms with Crippen LogP contribution in [0.4, 0.5) is 5.69 Å². The molecule has 2 fully saturated rings. The Hall–Kier alpha value is -2.08. The molecule has 0 aromatic heterocycles. The number of nitrogens with one attached hydrogen (secondary N) is 1. The molecular formula is C24H26Cl2N2O3. The first kappa shape index (κ1) is 22.1. The van der Waals surface area contributed by atoms with E-state index in [0.29, 0.717) is 45.4 Å². The molecule has 4 rings (SSSR count). The standard InChI is InChI=1S/C24H26Cl2N2O3/c25-20-11-8-17(14-21(20)26)23(29)27-19-9-6-16(7-10-19)24(30)31-15-18-4-3-13-28-12-2-1-5-22(18)28/h6-11,14,18,22H,1-5,12-13,15H2,(H,27,29)/t18-,22-/m1/s1. The highest BCUT2D eigenvalue weighted by Crippen LogP contribution is 2.31. The van der Waals surface area contributed by atoms with Gasteiger partial charge in [-0.25, -0.2) is 4.79 Å². The molecule has 5 nitrogen and oxygen atoms in total. The lowest BCUT2D eigenvalue weighted by molar-refractivity contribution is 0.00739. The van der Waals surface area contributed by atoms with Gasteiger partial charge in [-0.1, -0.05) is 29.6 Å². The minimum atomic E-state index is -0.324. The number of carbonyl (C=O) groups excluding carboxylic acids is 2. The normalized spacial score (nSPS) is 21.2. The highest BCUT2D eigenvalue weighted by atomic mass is 35.5. The number of rotatable bonds is 5. The van der Waals surface area contributed by atoms with Crippen molar-refractivity contribution in [3.05, 3.63) is 63.6 Å². The Morgan fingerprint density at radius 1 is 0.935 bits per heavy atom. The smallest absolute Gasteiger partial charge is 0.338 e. The first-order chi connectivity index (χ1) is 15.0. The summed E-state index contributed by atoms with van der Waals surface area (Å²) < 4.78 is 5.65. The van der Waals surface area contributed by atoms with Gasteiger partial charge in [0.2, 0.25) is 0 Å². The maximum Gasteiger partial charge on any atom is 0.338 e. The van der Waals surface area contributed by atoms with E-state index in [1.165, 1.54) is 44.8 Å². The number of piperidine rings is 2. The molecule has 2 aromatic carbocycles. The van der Waals surface area contributed by atoms with Crippen molar-refractivity contribution in [3.8, 4) is 0 Å². The maximum absolute atomic E-state index is 12.5. The van der Waals surface area contributed by atoms with Gasteiger partial charge in [0.15, 0.2) is 0 Å². The van der Waals surface area contributed by atoms with Gasteiger partial charge in [-0.15, -0.1) is 0 Å². The molecule has 2 aromatic rings. The lowest BCUT2D eigenvalue weighted by Gasteiger charge is -2.44. The molecule has 0 bridgehead atoms. The van der Waals surface area contributed by atoms with Gasteiger partial charge < -0.3 is 10.1 Å². The Morgan fingerprint density at radius 2 is 1.68 bits per heavy atom. The number of ether oxygens (including phenoxy) is 1. The average Bonchev–Trinajstić information content (AvgIpc) is 2.79. The lowest BCUT2D eigenvalue weighted by Crippen LogP contribution is -2.49. The van der Waals surface area contributed by atoms with Crippen molar-refractivity contribution in [1.82, 2.24) is 4.90 Å². The van der Waals surface area contributed by atoms with Gasteiger partial charge in [0.1, 0.15) is 0 Å². The van der Waals surface area contributed by atoms with E-state index in [1.807, 2.05) is 0 Å². The van der Waals surface area contributed by atoms with Crippen LogP contribution in [0.1, 0.15) is 52.8 Å². The number of carbonyl (C=O) groups is 2. The van der Waals surface area contributed by atoms with Gasteiger partial charge in [0.25, 0.3) is 5.91 Å². The van der Waals surface area contributed by atoms with Gasteiger partial charge in [0.05, 0.1) is 22.2 Å². The van der Waals surface area contributed by atoms with Gasteiger partial charge in [-0.2, -0.15) is 0 Å². The fraction of sp³-hybridized carbons (Fsp3) is 0.417. The van der Waals surface area contributed by atoms with Crippen LogP contribution >= 0.6 is 23.2 Å². The third-order valence-corrected chi connectivity index (χ3v) is 6.96. The van der Waals surface area contributed by atoms with Crippen LogP contribution in [0.15, 0.2) is 42.5 Å². The third kappa shape index (κ3) is 5.40. The molecule has 1 amide bonds. The number of anilines is 1. The molecule has 1 N–H and O–H groups in total. The lowest BCUT2D eigenvalue weighted by atomic mass is 9.84. The zero-order chi connectivity index (χ0) is 21.8. The zero-order valence-electron chi connectivity index (χ0n) is 17.3. The predicted octanol–water partition coefficient (Wildman–Crippen LogP) is 5.67. The molecule has 0 spiro atoms. The summed E-state index contributed by atoms with van der Waals surface area (Å²) in [6, 6.07) is 12.0. The second kappa shape index (κ2) is 10.0. The van der Waals surface area contributed by atoms with Crippen molar-refractivity contribution in [3.63, 3.8) is 0 Å². The Labute approximate surface area is 192 Å². The van der Waals surface area contributed by atoms with E-state index >= 15 is 0 Å². The van der Waals surface area contributed by atoms with Gasteiger partial charge in [-0.3, -0.25) is 9.69 Å². The minimum Gasteiger partial charge on any atom is -0.462 e. The first-order valence-corrected chi connectivity index (χ1v) is 11.5. The number of hydrogen-bond donors (Lipinski definition) is 1. The van der Waals surface area contributed by atoms with Crippen molar-refractivity contribution in [2.45, 2.75) is 38.1 Å². The number of fused-ring (bicyclic) bond motifs is 1. The van der Waals surface area contributed by atoms with Crippen LogP contribution in [0.3, 0.4) is 0 Å². The predicted molar refractivity (Wildman–Crippen MR) is 123 cm³/mol. The van der Waals surface area contributed by atoms with Crippen molar-refractivity contribution in [1.29, 1.82) is 0 Å². The highest BCUT2D eigenvalue weighted by molar-refractivity contribution is 6.42. The molecule has 0 saturated carbocycles. The summed E-state index contributed by atoms with van der Waals surface area (Å²) in [7, 11) is 0. The molecule has 0 radical (unpaired) electrons. The van der Waals surface area contributed by atoms with Crippen LogP contribution in [-0.4, -0.2) is 42.5 Å². The SMILES string of the molecule is O=C(Nc1ccc(C(=O)OC[C@H]2CCCN3CCCC[C@H]23)cc1)c1ccc(Cl)c(Cl)c1. The quantitative estimate of drug-likeness (QED) is 0.584. The average molecular weight is 461 g/mol. The number of amides is 1. The summed E-state index contributed by atoms with van der Waals surface area (Å²) >= 11 is 11.9. The monoisotopic (exact) mass is 460 g/mol. The largest absolute Gasteiger partial charge is 0.462 e. The summed E-state index contributed by atoms with van der Waals surface area (Å²) in [5.41, 5.74) is 1.46. The van der Waals surface area contributed by atoms with E-state index in [-0.39, 0.29) is 11.9 Å². The van der Waals surface area contributed by atoms with E-state index in [9.17, 15) is 9.59 Å². The summed E-state index contributed by atoms with van der Waals surface area (Å²) in [6.07, 6.45) is 6.04. The van der Waals surface area contributed by atoms with Crippen LogP contribution in [-0.2, 0) is 4.74 Å². The Balaban J connectivity index is 1.31. The number of esters is 1. The summed E-state index contributed by atoms with van der Waals surface area (Å²) in [5.74, 6) is -0.207. The number of halogens is 2. The van der Waals surface area contributed by atoms with Gasteiger partial charge >= 0.3 is 5.97 Å². The van der Waals surface area contributed by atoms with Crippen LogP contribution < -0.4 is 5.32 Å². The molecule has 2 saturated heterocycles. The van der Waals surface area contributed by atoms with E-state index in [2.05, 4.69) is 10.2 Å². The topological polar surface area (TPSA) is 58.6 Å². The van der Waals surface area contributed by atoms with Crippen molar-refractivity contribution in [2.24, 2.45) is 5.92 Å². The van der Waals surface area contributed by atoms with Crippen LogP contribution in [0.5, 0.6) is 0 Å². The molecule has 164 valence electrons. The van der Waals surface area contributed by atoms with E-state index < -0.39 is 0 Å². The number of hydrogen-bond acceptors (Lipinski definition) is 4. The van der Waals surface area contributed by atoms with E-state index in [4.69, 9.17) is 27.9 Å². The molecule has 2 aliphatic rings. The Morgan fingerprint density at radius 3 is 2.45 bits per heavy atom. The van der Waals surface area contributed by atoms with Crippen molar-refractivity contribution >= 4 is 40.8 Å². The van der Waals surface area contributed by atoms with Gasteiger partial charge in [-0.05, 0) is 81.2 Å². The molecule has 7 heteroatoms. The Bertz CT molecular complexity index is 946. The molecular weight excluding hydrogens is 435 g/mol. The highest BCUT2D eigenvalue weighted by Gasteiger charge is 2.33. The van der Waals surface area contributed by atoms with Crippen LogP contribution in [0, 0.1) is 5.92 Å². The Kier molecular flexibility index (Phi) is 7.16. The van der Waals surface area contributed by atoms with Crippen molar-refractivity contribution in [2.75, 3.05) is 25.0 Å². The summed E-state index contributed by atoms with van der Waals surface area (Å²) in [5, 5.41) is 3.50. The molecule has 31 heavy (non-hydrogen) atoms. The second-order valence-electron chi connectivity index (χ2n) is 8.26. The van der Waals surface area contributed by atoms with Gasteiger partial charge in [0, 0.05) is 23.2 Å². The maximum atomic E-state index is 12.5. The fourth-order valence-corrected chi connectivity index (χ4v) is 4.87. The molecule has 2 heterocycles. The first-order valence-electron chi connectivity index (χ1n) is 10.8. The number of nitrogens with zero attached hydrogens (tertiary/aromatic N) is 1. The van der Waals surface area contributed by atoms with Crippen LogP contribution in [0.2, 0.25) is 10.0 Å². The molecule has 0 unspecified atom stereocenters. The van der Waals surface area contributed by atoms with Crippen molar-refractivity contribution < 1.29 is 14.3 Å². The fourth-order valence-electron chi connectivity index (χ4n) is 4.57. The molecule has 0 aliphatic carbocycles. The molecule has 2 atom stereocenters. The minimum absolute atomic E-state index is 0.303. The molecule has 2 aliphatic heterocycles. The number of benzene rings is 2. The second-order valence-corrected chi connectivity index (χ2v) is 9.07. The summed E-state index contributed by atoms with van der Waals surface area (Å²) in [6.45, 7) is 2.81. The zero-order valence-corrected chi connectivity index (χ0v) is 18.8. The third-order valence-electron chi connectivity index (χ3n) is 6.22. The van der Waals surface area contributed by atoms with Crippen LogP contribution in [0.25, 0.3) is 0 Å². The summed E-state index contributed by atoms with van der Waals surface area (Å²) in [4.78, 5) is 27.5. The van der Waals surface area contributed by atoms with E-state index in [0.717, 1.165) is 6.42 Å².